The first kappa shape index (κ1) is 14.5. The van der Waals surface area contributed by atoms with Gasteiger partial charge in [-0.2, -0.15) is 0 Å². The van der Waals surface area contributed by atoms with Gasteiger partial charge in [-0.05, 0) is 13.0 Å². The van der Waals surface area contributed by atoms with Crippen molar-refractivity contribution >= 4 is 29.1 Å². The lowest BCUT2D eigenvalue weighted by atomic mass is 10.2. The summed E-state index contributed by atoms with van der Waals surface area (Å²) in [5.74, 6) is -0.296. The van der Waals surface area contributed by atoms with Gasteiger partial charge in [0.2, 0.25) is 0 Å². The van der Waals surface area contributed by atoms with Crippen molar-refractivity contribution in [2.45, 2.75) is 19.1 Å². The van der Waals surface area contributed by atoms with Gasteiger partial charge in [-0.3, -0.25) is 4.79 Å². The molecule has 0 aliphatic carbocycles. The van der Waals surface area contributed by atoms with Gasteiger partial charge in [0, 0.05) is 13.1 Å². The second-order valence-corrected chi connectivity index (χ2v) is 5.08. The molecule has 1 saturated heterocycles. The van der Waals surface area contributed by atoms with Crippen molar-refractivity contribution in [3.8, 4) is 0 Å². The first-order chi connectivity index (χ1) is 9.01. The first-order valence-corrected chi connectivity index (χ1v) is 6.51. The Morgan fingerprint density at radius 3 is 2.95 bits per heavy atom. The number of aliphatic hydroxyl groups excluding tert-OH is 1. The van der Waals surface area contributed by atoms with Gasteiger partial charge in [-0.1, -0.05) is 23.2 Å². The van der Waals surface area contributed by atoms with Gasteiger partial charge in [-0.25, -0.2) is 0 Å². The molecule has 1 aliphatic heterocycles. The lowest BCUT2D eigenvalue weighted by Crippen LogP contribution is -2.50. The maximum Gasteiger partial charge on any atom is 0.257 e. The van der Waals surface area contributed by atoms with Crippen molar-refractivity contribution in [1.29, 1.82) is 0 Å². The highest BCUT2D eigenvalue weighted by Crippen LogP contribution is 2.20. The Morgan fingerprint density at radius 2 is 2.26 bits per heavy atom. The molecule has 2 atom stereocenters. The number of halogens is 2. The fourth-order valence-corrected chi connectivity index (χ4v) is 2.31. The predicted octanol–water partition coefficient (Wildman–Crippen LogP) is 1.01. The molecule has 104 valence electrons. The van der Waals surface area contributed by atoms with Gasteiger partial charge in [0.05, 0.1) is 24.4 Å². The van der Waals surface area contributed by atoms with Crippen LogP contribution in [-0.2, 0) is 4.74 Å². The highest BCUT2D eigenvalue weighted by molar-refractivity contribution is 6.34. The smallest absolute Gasteiger partial charge is 0.257 e. The van der Waals surface area contributed by atoms with Crippen molar-refractivity contribution in [2.75, 3.05) is 19.7 Å². The summed E-state index contributed by atoms with van der Waals surface area (Å²) in [4.78, 5) is 13.9. The van der Waals surface area contributed by atoms with Crippen molar-refractivity contribution in [3.05, 3.63) is 21.9 Å². The highest BCUT2D eigenvalue weighted by Gasteiger charge is 2.29. The number of hydrogen-bond donors (Lipinski definition) is 1. The Hall–Kier alpha value is -0.950. The van der Waals surface area contributed by atoms with E-state index in [4.69, 9.17) is 33.0 Å². The zero-order chi connectivity index (χ0) is 14.0. The summed E-state index contributed by atoms with van der Waals surface area (Å²) in [7, 11) is 0. The number of ether oxygens (including phenoxy) is 1. The number of amides is 1. The Morgan fingerprint density at radius 1 is 1.53 bits per heavy atom. The standard InChI is InChI=1S/C11H13Cl2N3O3/c1-6-3-16(4-7(5-17)19-6)11(18)8-2-9(12)14-15-10(8)13/h2,6-7,17H,3-5H2,1H3. The normalized spacial score (nSPS) is 23.5. The molecule has 0 radical (unpaired) electrons. The molecule has 8 heteroatoms. The van der Waals surface area contributed by atoms with Gasteiger partial charge in [0.1, 0.15) is 0 Å². The topological polar surface area (TPSA) is 75.6 Å². The Kier molecular flexibility index (Phi) is 4.57. The zero-order valence-electron chi connectivity index (χ0n) is 10.2. The molecule has 1 aliphatic rings. The molecule has 2 unspecified atom stereocenters. The number of aliphatic hydroxyl groups is 1. The van der Waals surface area contributed by atoms with Crippen molar-refractivity contribution < 1.29 is 14.6 Å². The van der Waals surface area contributed by atoms with E-state index in [1.54, 1.807) is 4.90 Å². The van der Waals surface area contributed by atoms with Crippen LogP contribution < -0.4 is 0 Å². The molecule has 1 amide bonds. The molecular formula is C11H13Cl2N3O3. The molecule has 1 aromatic rings. The van der Waals surface area contributed by atoms with E-state index < -0.39 is 6.10 Å². The minimum Gasteiger partial charge on any atom is -0.394 e. The van der Waals surface area contributed by atoms with Crippen LogP contribution in [0.3, 0.4) is 0 Å². The summed E-state index contributed by atoms with van der Waals surface area (Å²) in [6, 6.07) is 1.38. The van der Waals surface area contributed by atoms with E-state index in [-0.39, 0.29) is 34.5 Å². The average Bonchev–Trinajstić information content (AvgIpc) is 2.40. The summed E-state index contributed by atoms with van der Waals surface area (Å²) in [5.41, 5.74) is 0.201. The van der Waals surface area contributed by atoms with Crippen LogP contribution in [0.1, 0.15) is 17.3 Å². The van der Waals surface area contributed by atoms with Crippen molar-refractivity contribution in [1.82, 2.24) is 15.1 Å². The maximum absolute atomic E-state index is 12.4. The van der Waals surface area contributed by atoms with Crippen LogP contribution in [0, 0.1) is 0 Å². The Balaban J connectivity index is 2.21. The van der Waals surface area contributed by atoms with E-state index in [0.717, 1.165) is 0 Å². The molecule has 1 aromatic heterocycles. The van der Waals surface area contributed by atoms with Gasteiger partial charge in [-0.15, -0.1) is 10.2 Å². The number of morpholine rings is 1. The predicted molar refractivity (Wildman–Crippen MR) is 69.4 cm³/mol. The third-order valence-corrected chi connectivity index (χ3v) is 3.23. The van der Waals surface area contributed by atoms with Crippen molar-refractivity contribution in [2.24, 2.45) is 0 Å². The molecule has 2 heterocycles. The van der Waals surface area contributed by atoms with Crippen LogP contribution in [0.4, 0.5) is 0 Å². The van der Waals surface area contributed by atoms with Crippen LogP contribution in [0.5, 0.6) is 0 Å². The van der Waals surface area contributed by atoms with Gasteiger partial charge < -0.3 is 14.7 Å². The minimum absolute atomic E-state index is 0.00842. The van der Waals surface area contributed by atoms with E-state index in [1.165, 1.54) is 6.07 Å². The number of nitrogens with zero attached hydrogens (tertiary/aromatic N) is 3. The van der Waals surface area contributed by atoms with Crippen LogP contribution in [0.25, 0.3) is 0 Å². The largest absolute Gasteiger partial charge is 0.394 e. The monoisotopic (exact) mass is 305 g/mol. The molecule has 0 spiro atoms. The second-order valence-electron chi connectivity index (χ2n) is 4.33. The average molecular weight is 306 g/mol. The fourth-order valence-electron chi connectivity index (χ4n) is 1.99. The molecular weight excluding hydrogens is 293 g/mol. The maximum atomic E-state index is 12.4. The molecule has 19 heavy (non-hydrogen) atoms. The summed E-state index contributed by atoms with van der Waals surface area (Å²) in [5, 5.41) is 16.4. The van der Waals surface area contributed by atoms with Gasteiger partial charge >= 0.3 is 0 Å². The summed E-state index contributed by atoms with van der Waals surface area (Å²) >= 11 is 11.6. The van der Waals surface area contributed by atoms with Crippen LogP contribution in [0.2, 0.25) is 10.3 Å². The lowest BCUT2D eigenvalue weighted by molar-refractivity contribution is -0.0858. The molecule has 1 fully saturated rings. The summed E-state index contributed by atoms with van der Waals surface area (Å²) in [6.45, 7) is 2.42. The van der Waals surface area contributed by atoms with E-state index in [9.17, 15) is 4.79 Å². The summed E-state index contributed by atoms with van der Waals surface area (Å²) in [6.07, 6.45) is -0.546. The first-order valence-electron chi connectivity index (χ1n) is 5.75. The third kappa shape index (κ3) is 3.33. The van der Waals surface area contributed by atoms with Gasteiger partial charge in [0.25, 0.3) is 5.91 Å². The number of carbonyl (C=O) groups is 1. The van der Waals surface area contributed by atoms with E-state index in [2.05, 4.69) is 10.2 Å². The number of hydrogen-bond acceptors (Lipinski definition) is 5. The summed E-state index contributed by atoms with van der Waals surface area (Å²) < 4.78 is 5.47. The lowest BCUT2D eigenvalue weighted by Gasteiger charge is -2.36. The van der Waals surface area contributed by atoms with Crippen LogP contribution >= 0.6 is 23.2 Å². The molecule has 6 nitrogen and oxygen atoms in total. The third-order valence-electron chi connectivity index (χ3n) is 2.77. The fraction of sp³-hybridized carbons (Fsp3) is 0.545. The Labute approximate surface area is 120 Å². The molecule has 0 bridgehead atoms. The van der Waals surface area contributed by atoms with E-state index in [0.29, 0.717) is 13.1 Å². The molecule has 1 N–H and O–H groups in total. The second kappa shape index (κ2) is 6.00. The number of carbonyl (C=O) groups excluding carboxylic acids is 1. The van der Waals surface area contributed by atoms with Crippen molar-refractivity contribution in [3.63, 3.8) is 0 Å². The Bertz CT molecular complexity index is 486. The quantitative estimate of drug-likeness (QED) is 0.882. The number of aromatic nitrogens is 2. The van der Waals surface area contributed by atoms with E-state index in [1.807, 2.05) is 6.92 Å². The SMILES string of the molecule is CC1CN(C(=O)c2cc(Cl)nnc2Cl)CC(CO)O1. The molecule has 0 saturated carbocycles. The van der Waals surface area contributed by atoms with Crippen LogP contribution in [-0.4, -0.2) is 58.0 Å². The highest BCUT2D eigenvalue weighted by atomic mass is 35.5. The van der Waals surface area contributed by atoms with Gasteiger partial charge in [0.15, 0.2) is 10.3 Å². The van der Waals surface area contributed by atoms with E-state index >= 15 is 0 Å². The minimum atomic E-state index is -0.392. The zero-order valence-corrected chi connectivity index (χ0v) is 11.7. The van der Waals surface area contributed by atoms with Crippen LogP contribution in [0.15, 0.2) is 6.07 Å². The number of rotatable bonds is 2. The molecule has 0 aromatic carbocycles. The molecule has 2 rings (SSSR count).